The first-order valence-corrected chi connectivity index (χ1v) is 6.67. The number of para-hydroxylation sites is 1. The maximum Gasteiger partial charge on any atom is 0.308 e. The van der Waals surface area contributed by atoms with Gasteiger partial charge in [0, 0.05) is 26.4 Å². The Morgan fingerprint density at radius 3 is 2.45 bits per heavy atom. The SMILES string of the molecule is CC(CN(C)C(=O)C1(Oc2ccccc2)CC1)C(=O)O. The lowest BCUT2D eigenvalue weighted by molar-refractivity contribution is -0.145. The van der Waals surface area contributed by atoms with E-state index >= 15 is 0 Å². The second kappa shape index (κ2) is 5.53. The van der Waals surface area contributed by atoms with Gasteiger partial charge in [-0.1, -0.05) is 25.1 Å². The summed E-state index contributed by atoms with van der Waals surface area (Å²) in [4.78, 5) is 24.7. The predicted octanol–water partition coefficient (Wildman–Crippen LogP) is 1.78. The fourth-order valence-electron chi connectivity index (χ4n) is 2.11. The van der Waals surface area contributed by atoms with Gasteiger partial charge in [0.15, 0.2) is 5.60 Å². The number of nitrogens with zero attached hydrogens (tertiary/aromatic N) is 1. The third-order valence-corrected chi connectivity index (χ3v) is 3.47. The average Bonchev–Trinajstić information content (AvgIpc) is 3.19. The van der Waals surface area contributed by atoms with Crippen molar-refractivity contribution in [2.24, 2.45) is 5.92 Å². The first kappa shape index (κ1) is 14.4. The van der Waals surface area contributed by atoms with E-state index in [1.54, 1.807) is 14.0 Å². The number of rotatable bonds is 6. The summed E-state index contributed by atoms with van der Waals surface area (Å²) in [6.45, 7) is 1.78. The molecule has 0 bridgehead atoms. The molecular formula is C15H19NO4. The van der Waals surface area contributed by atoms with Gasteiger partial charge >= 0.3 is 5.97 Å². The Morgan fingerprint density at radius 1 is 1.35 bits per heavy atom. The molecule has 1 aliphatic carbocycles. The molecule has 108 valence electrons. The lowest BCUT2D eigenvalue weighted by Crippen LogP contribution is -2.44. The first-order chi connectivity index (χ1) is 9.44. The van der Waals surface area contributed by atoms with Crippen LogP contribution in [0.4, 0.5) is 0 Å². The summed E-state index contributed by atoms with van der Waals surface area (Å²) in [5, 5.41) is 8.90. The Labute approximate surface area is 118 Å². The van der Waals surface area contributed by atoms with E-state index in [1.807, 2.05) is 30.3 Å². The molecule has 1 fully saturated rings. The van der Waals surface area contributed by atoms with E-state index in [9.17, 15) is 9.59 Å². The normalized spacial score (nSPS) is 17.1. The van der Waals surface area contributed by atoms with Crippen LogP contribution >= 0.6 is 0 Å². The fraction of sp³-hybridized carbons (Fsp3) is 0.467. The zero-order valence-electron chi connectivity index (χ0n) is 11.7. The monoisotopic (exact) mass is 277 g/mol. The largest absolute Gasteiger partial charge is 0.481 e. The number of amides is 1. The minimum Gasteiger partial charge on any atom is -0.481 e. The van der Waals surface area contributed by atoms with E-state index in [0.29, 0.717) is 18.6 Å². The molecule has 5 heteroatoms. The number of benzene rings is 1. The number of carboxylic acid groups (broad SMARTS) is 1. The van der Waals surface area contributed by atoms with Crippen molar-refractivity contribution in [3.8, 4) is 5.75 Å². The van der Waals surface area contributed by atoms with Crippen LogP contribution in [0.5, 0.6) is 5.75 Å². The van der Waals surface area contributed by atoms with Crippen molar-refractivity contribution in [1.82, 2.24) is 4.90 Å². The molecule has 0 heterocycles. The molecule has 1 saturated carbocycles. The summed E-state index contributed by atoms with van der Waals surface area (Å²) in [5.41, 5.74) is -0.797. The minimum absolute atomic E-state index is 0.144. The number of hydrogen-bond donors (Lipinski definition) is 1. The molecule has 0 aliphatic heterocycles. The summed E-state index contributed by atoms with van der Waals surface area (Å²) in [7, 11) is 1.62. The van der Waals surface area contributed by atoms with Gasteiger partial charge in [0.1, 0.15) is 5.75 Å². The highest BCUT2D eigenvalue weighted by Crippen LogP contribution is 2.41. The Kier molecular flexibility index (Phi) is 3.97. The number of aliphatic carboxylic acids is 1. The van der Waals surface area contributed by atoms with Crippen molar-refractivity contribution in [3.05, 3.63) is 30.3 Å². The van der Waals surface area contributed by atoms with Gasteiger partial charge in [-0.15, -0.1) is 0 Å². The highest BCUT2D eigenvalue weighted by Gasteiger charge is 2.54. The van der Waals surface area contributed by atoms with Crippen LogP contribution in [0.25, 0.3) is 0 Å². The summed E-state index contributed by atoms with van der Waals surface area (Å²) >= 11 is 0. The lowest BCUT2D eigenvalue weighted by atomic mass is 10.1. The quantitative estimate of drug-likeness (QED) is 0.860. The van der Waals surface area contributed by atoms with Crippen molar-refractivity contribution in [2.45, 2.75) is 25.4 Å². The van der Waals surface area contributed by atoms with Crippen molar-refractivity contribution in [1.29, 1.82) is 0 Å². The number of carbonyl (C=O) groups excluding carboxylic acids is 1. The van der Waals surface area contributed by atoms with Crippen LogP contribution in [0.1, 0.15) is 19.8 Å². The number of carbonyl (C=O) groups is 2. The summed E-state index contributed by atoms with van der Waals surface area (Å²) < 4.78 is 5.80. The topological polar surface area (TPSA) is 66.8 Å². The molecule has 5 nitrogen and oxygen atoms in total. The summed E-state index contributed by atoms with van der Waals surface area (Å²) in [6, 6.07) is 9.22. The maximum atomic E-state index is 12.4. The molecule has 0 spiro atoms. The third-order valence-electron chi connectivity index (χ3n) is 3.47. The van der Waals surface area contributed by atoms with Gasteiger partial charge in [-0.3, -0.25) is 9.59 Å². The molecule has 1 aromatic carbocycles. The second-order valence-electron chi connectivity index (χ2n) is 5.33. The van der Waals surface area contributed by atoms with Crippen LogP contribution in [-0.2, 0) is 9.59 Å². The van der Waals surface area contributed by atoms with E-state index < -0.39 is 17.5 Å². The molecular weight excluding hydrogens is 258 g/mol. The van der Waals surface area contributed by atoms with E-state index in [-0.39, 0.29) is 12.5 Å². The molecule has 0 aromatic heterocycles. The van der Waals surface area contributed by atoms with Crippen LogP contribution in [0.3, 0.4) is 0 Å². The molecule has 1 unspecified atom stereocenters. The van der Waals surface area contributed by atoms with Gasteiger partial charge in [-0.2, -0.15) is 0 Å². The van der Waals surface area contributed by atoms with Crippen LogP contribution < -0.4 is 4.74 Å². The van der Waals surface area contributed by atoms with Crippen LogP contribution in [0.2, 0.25) is 0 Å². The minimum atomic E-state index is -0.904. The Balaban J connectivity index is 1.99. The number of likely N-dealkylation sites (N-methyl/N-ethyl adjacent to an activating group) is 1. The van der Waals surface area contributed by atoms with Gasteiger partial charge in [0.05, 0.1) is 5.92 Å². The standard InChI is InChI=1S/C15H19NO4/c1-11(13(17)18)10-16(2)14(19)15(8-9-15)20-12-6-4-3-5-7-12/h3-7,11H,8-10H2,1-2H3,(H,17,18). The molecule has 1 amide bonds. The van der Waals surface area contributed by atoms with Gasteiger partial charge in [0.2, 0.25) is 0 Å². The van der Waals surface area contributed by atoms with Gasteiger partial charge in [-0.25, -0.2) is 0 Å². The van der Waals surface area contributed by atoms with Gasteiger partial charge < -0.3 is 14.7 Å². The molecule has 1 aliphatic rings. The summed E-state index contributed by atoms with van der Waals surface area (Å²) in [5.74, 6) is -0.970. The molecule has 2 rings (SSSR count). The van der Waals surface area contributed by atoms with E-state index in [1.165, 1.54) is 4.90 Å². The van der Waals surface area contributed by atoms with Gasteiger partial charge in [-0.05, 0) is 12.1 Å². The molecule has 1 N–H and O–H groups in total. The van der Waals surface area contributed by atoms with Crippen LogP contribution in [-0.4, -0.2) is 41.1 Å². The smallest absolute Gasteiger partial charge is 0.308 e. The van der Waals surface area contributed by atoms with E-state index in [0.717, 1.165) is 0 Å². The molecule has 0 saturated heterocycles. The zero-order valence-corrected chi connectivity index (χ0v) is 11.7. The lowest BCUT2D eigenvalue weighted by Gasteiger charge is -2.25. The highest BCUT2D eigenvalue weighted by molar-refractivity contribution is 5.88. The van der Waals surface area contributed by atoms with Crippen LogP contribution in [0.15, 0.2) is 30.3 Å². The predicted molar refractivity (Wildman–Crippen MR) is 73.5 cm³/mol. The van der Waals surface area contributed by atoms with E-state index in [2.05, 4.69) is 0 Å². The fourth-order valence-corrected chi connectivity index (χ4v) is 2.11. The highest BCUT2D eigenvalue weighted by atomic mass is 16.5. The van der Waals surface area contributed by atoms with Crippen molar-refractivity contribution in [3.63, 3.8) is 0 Å². The Morgan fingerprint density at radius 2 is 1.95 bits per heavy atom. The van der Waals surface area contributed by atoms with Crippen molar-refractivity contribution < 1.29 is 19.4 Å². The maximum absolute atomic E-state index is 12.4. The Hall–Kier alpha value is -2.04. The number of hydrogen-bond acceptors (Lipinski definition) is 3. The van der Waals surface area contributed by atoms with Gasteiger partial charge in [0.25, 0.3) is 5.91 Å². The molecule has 20 heavy (non-hydrogen) atoms. The van der Waals surface area contributed by atoms with Crippen LogP contribution in [0, 0.1) is 5.92 Å². The molecule has 1 atom stereocenters. The third kappa shape index (κ3) is 3.10. The first-order valence-electron chi connectivity index (χ1n) is 6.67. The van der Waals surface area contributed by atoms with Crippen molar-refractivity contribution >= 4 is 11.9 Å². The zero-order chi connectivity index (χ0) is 14.8. The molecule has 1 aromatic rings. The Bertz CT molecular complexity index is 496. The van der Waals surface area contributed by atoms with Crippen molar-refractivity contribution in [2.75, 3.05) is 13.6 Å². The number of carboxylic acids is 1. The molecule has 0 radical (unpaired) electrons. The summed E-state index contributed by atoms with van der Waals surface area (Å²) in [6.07, 6.45) is 1.35. The van der Waals surface area contributed by atoms with E-state index in [4.69, 9.17) is 9.84 Å². The number of ether oxygens (including phenoxy) is 1. The average molecular weight is 277 g/mol. The second-order valence-corrected chi connectivity index (χ2v) is 5.33.